The van der Waals surface area contributed by atoms with Crippen LogP contribution in [0.5, 0.6) is 0 Å². The van der Waals surface area contributed by atoms with Crippen LogP contribution in [-0.2, 0) is 63.3 Å². The molecule has 7 heterocycles. The molecule has 11 aromatic rings. The lowest BCUT2D eigenvalue weighted by atomic mass is 9.76. The third kappa shape index (κ3) is 15.6. The average Bonchev–Trinajstić information content (AvgIpc) is 1.53. The second kappa shape index (κ2) is 32.9. The molecular formula is C90H75ClN8O12. The molecule has 0 unspecified atom stereocenters. The van der Waals surface area contributed by atoms with Gasteiger partial charge in [-0.15, -0.1) is 11.6 Å². The Bertz CT molecular complexity index is 5670. The number of benzene rings is 8. The number of para-hydroxylation sites is 4. The van der Waals surface area contributed by atoms with E-state index in [0.29, 0.717) is 134 Å². The number of rotatable bonds is 17. The van der Waals surface area contributed by atoms with Crippen LogP contribution in [0.1, 0.15) is 114 Å². The SMILES string of the molecule is CCOC(=O)C(Cc1cccc(C(=O)Nc2ccccc2-c2c3nc(c4c5ccc([nH]5)c(-c5ccccc5NC(=O)c5cccc(CCl)c5)c5nc(c(c6ccc2[nH]6)-c2ccccc2NC(=O)c2cccc(c2)CC(C(=O)OCC)(C(=O)OCC)Cc2cccc(c2)C(=O)Nc2ccccc2-4)C=C5)C=C3)c1)C(=O)OCC. The van der Waals surface area contributed by atoms with Crippen LogP contribution >= 0.6 is 11.6 Å². The molecule has 3 aromatic heterocycles. The maximum Gasteiger partial charge on any atom is 0.324 e. The molecule has 554 valence electrons. The summed E-state index contributed by atoms with van der Waals surface area (Å²) in [7, 11) is 0. The van der Waals surface area contributed by atoms with E-state index < -0.39 is 52.9 Å². The number of hydrogen-bond donors (Lipinski definition) is 6. The molecule has 0 fully saturated rings. The highest BCUT2D eigenvalue weighted by Gasteiger charge is 2.49. The zero-order valence-electron chi connectivity index (χ0n) is 61.0. The molecule has 20 nitrogen and oxygen atoms in total. The fraction of sp³-hybridized carbons (Fsp3) is 0.156. The number of esters is 4. The maximum absolute atomic E-state index is 15.3. The number of anilines is 4. The van der Waals surface area contributed by atoms with Gasteiger partial charge >= 0.3 is 23.9 Å². The molecule has 6 N–H and O–H groups in total. The topological polar surface area (TPSA) is 279 Å². The highest BCUT2D eigenvalue weighted by Crippen LogP contribution is 2.44. The van der Waals surface area contributed by atoms with Crippen LogP contribution in [0.25, 0.3) is 90.9 Å². The van der Waals surface area contributed by atoms with Crippen molar-refractivity contribution in [2.75, 3.05) is 47.7 Å². The fourth-order valence-corrected chi connectivity index (χ4v) is 14.5. The van der Waals surface area contributed by atoms with Gasteiger partial charge in [0.05, 0.1) is 49.2 Å². The number of carbonyl (C=O) groups is 8. The van der Waals surface area contributed by atoms with Crippen molar-refractivity contribution in [3.63, 3.8) is 0 Å². The van der Waals surface area contributed by atoms with Gasteiger partial charge in [0.25, 0.3) is 23.6 Å². The molecule has 0 radical (unpaired) electrons. The molecule has 0 saturated heterocycles. The molecule has 0 aliphatic carbocycles. The summed E-state index contributed by atoms with van der Waals surface area (Å²) in [6, 6.07) is 64.0. The van der Waals surface area contributed by atoms with Gasteiger partial charge in [-0.3, -0.25) is 38.4 Å². The van der Waals surface area contributed by atoms with E-state index in [1.807, 2.05) is 115 Å². The average molecular weight is 1500 g/mol. The highest BCUT2D eigenvalue weighted by molar-refractivity contribution is 6.17. The number of nitrogens with zero attached hydrogens (tertiary/aromatic N) is 2. The van der Waals surface area contributed by atoms with E-state index in [1.54, 1.807) is 155 Å². The number of alkyl halides is 1. The standard InChI is InChI=1S/C90H75ClN8O12/c1-5-108-86(104)65(87(105)109-6-2)49-53-21-17-25-57(45-53)82(100)96-66-33-13-9-29-61(66)78-70-37-39-72(92-70)79-62-30-10-14-34-67(62)97-83(101)58-26-18-22-54(46-58)50-90(88(106)110-7-3,89(107)111-8-4)51-55-23-19-27-59(47-55)84(102)98-68-35-15-11-31-63(68)80(73-40-38-71(78)93-73)75-42-44-77(95-75)81(76-43-41-74(79)94-76)64-32-12-16-36-69(64)99-85(103)60-28-20-24-56(48-60)52-91/h9-48,65,92,95H,5-8,49-52H2,1-4H3,(H,96,100)(H,97,101)(H,98,102)(H,99,103). The van der Waals surface area contributed by atoms with Gasteiger partial charge in [-0.05, 0) is 191 Å². The number of aromatic nitrogens is 4. The van der Waals surface area contributed by atoms with Crippen LogP contribution in [0.15, 0.2) is 218 Å². The first-order chi connectivity index (χ1) is 54.0. The third-order valence-corrected chi connectivity index (χ3v) is 19.7. The Kier molecular flexibility index (Phi) is 22.0. The molecule has 111 heavy (non-hydrogen) atoms. The smallest absolute Gasteiger partial charge is 0.324 e. The first kappa shape index (κ1) is 74.3. The molecule has 4 aliphatic rings. The summed E-state index contributed by atoms with van der Waals surface area (Å²) in [5.74, 6) is -6.23. The number of H-pyrrole nitrogens is 2. The Balaban J connectivity index is 1.04. The Morgan fingerprint density at radius 3 is 1.21 bits per heavy atom. The summed E-state index contributed by atoms with van der Waals surface area (Å²) in [5, 5.41) is 12.8. The van der Waals surface area contributed by atoms with Crippen molar-refractivity contribution in [3.8, 4) is 44.5 Å². The van der Waals surface area contributed by atoms with Crippen molar-refractivity contribution >= 4 is 128 Å². The Hall–Kier alpha value is -13.6. The van der Waals surface area contributed by atoms with Gasteiger partial charge in [0, 0.05) is 117 Å². The van der Waals surface area contributed by atoms with Gasteiger partial charge in [-0.25, -0.2) is 9.97 Å². The van der Waals surface area contributed by atoms with Crippen LogP contribution < -0.4 is 21.3 Å². The predicted octanol–water partition coefficient (Wildman–Crippen LogP) is 17.6. The summed E-state index contributed by atoms with van der Waals surface area (Å²) in [6.45, 7) is 6.56. The van der Waals surface area contributed by atoms with Gasteiger partial charge in [-0.1, -0.05) is 121 Å². The van der Waals surface area contributed by atoms with Crippen LogP contribution in [0.2, 0.25) is 0 Å². The van der Waals surface area contributed by atoms with Crippen molar-refractivity contribution in [2.45, 2.75) is 52.8 Å². The number of ether oxygens (including phenoxy) is 4. The quantitative estimate of drug-likeness (QED) is 0.0214. The van der Waals surface area contributed by atoms with Gasteiger partial charge in [0.15, 0.2) is 11.3 Å². The normalized spacial score (nSPS) is 12.8. The lowest BCUT2D eigenvalue weighted by molar-refractivity contribution is -0.172. The monoisotopic (exact) mass is 1490 g/mol. The minimum Gasteiger partial charge on any atom is -0.465 e. The molecule has 8 aromatic carbocycles. The van der Waals surface area contributed by atoms with Crippen molar-refractivity contribution in [1.82, 2.24) is 19.9 Å². The largest absolute Gasteiger partial charge is 0.465 e. The number of fused-ring (bicyclic) bond motifs is 4. The Morgan fingerprint density at radius 1 is 0.423 bits per heavy atom. The number of carbonyl (C=O) groups excluding carboxylic acids is 8. The Morgan fingerprint density at radius 2 is 0.793 bits per heavy atom. The molecule has 4 aliphatic heterocycles. The third-order valence-electron chi connectivity index (χ3n) is 19.4. The van der Waals surface area contributed by atoms with Gasteiger partial charge in [-0.2, -0.15) is 0 Å². The van der Waals surface area contributed by atoms with E-state index in [1.165, 1.54) is 0 Å². The second-order valence-corrected chi connectivity index (χ2v) is 26.8. The first-order valence-electron chi connectivity index (χ1n) is 36.4. The lowest BCUT2D eigenvalue weighted by Gasteiger charge is -2.30. The van der Waals surface area contributed by atoms with Crippen LogP contribution in [0, 0.1) is 11.3 Å². The first-order valence-corrected chi connectivity index (χ1v) is 37.0. The summed E-state index contributed by atoms with van der Waals surface area (Å²) in [5.41, 5.74) is 10.9. The van der Waals surface area contributed by atoms with E-state index in [0.717, 1.165) is 5.56 Å². The number of amides is 4. The molecule has 0 saturated carbocycles. The van der Waals surface area contributed by atoms with Crippen molar-refractivity contribution in [1.29, 1.82) is 0 Å². The molecule has 14 bridgehead atoms. The zero-order chi connectivity index (χ0) is 77.3. The van der Waals surface area contributed by atoms with Crippen molar-refractivity contribution in [2.24, 2.45) is 11.3 Å². The lowest BCUT2D eigenvalue weighted by Crippen LogP contribution is -2.46. The maximum atomic E-state index is 15.3. The molecule has 21 heteroatoms. The van der Waals surface area contributed by atoms with Gasteiger partial charge in [0.1, 0.15) is 0 Å². The zero-order valence-corrected chi connectivity index (χ0v) is 61.8. The summed E-state index contributed by atoms with van der Waals surface area (Å²) < 4.78 is 22.0. The van der Waals surface area contributed by atoms with Crippen LogP contribution in [0.4, 0.5) is 22.7 Å². The number of halogens is 1. The molecular weight excluding hydrogens is 1420 g/mol. The van der Waals surface area contributed by atoms with Gasteiger partial charge in [0.2, 0.25) is 0 Å². The molecule has 0 spiro atoms. The van der Waals surface area contributed by atoms with Crippen molar-refractivity contribution < 1.29 is 57.3 Å². The minimum atomic E-state index is -2.00. The van der Waals surface area contributed by atoms with Crippen LogP contribution in [0.3, 0.4) is 0 Å². The van der Waals surface area contributed by atoms with Crippen molar-refractivity contribution in [3.05, 3.63) is 286 Å². The van der Waals surface area contributed by atoms with Crippen LogP contribution in [-0.4, -0.2) is 93.9 Å². The Labute approximate surface area is 644 Å². The minimum absolute atomic E-state index is 0.0487. The summed E-state index contributed by atoms with van der Waals surface area (Å²) >= 11 is 6.30. The van der Waals surface area contributed by atoms with E-state index in [9.17, 15) is 28.8 Å². The second-order valence-electron chi connectivity index (χ2n) is 26.6. The number of aromatic amines is 2. The number of nitrogens with one attached hydrogen (secondary N) is 6. The van der Waals surface area contributed by atoms with Gasteiger partial charge < -0.3 is 50.2 Å². The molecule has 0 atom stereocenters. The van der Waals surface area contributed by atoms with E-state index in [2.05, 4.69) is 31.2 Å². The molecule has 4 amide bonds. The predicted molar refractivity (Wildman–Crippen MR) is 431 cm³/mol. The van der Waals surface area contributed by atoms with E-state index in [4.69, 9.17) is 40.5 Å². The number of hydrogen-bond acceptors (Lipinski definition) is 14. The summed E-state index contributed by atoms with van der Waals surface area (Å²) in [4.78, 5) is 134. The van der Waals surface area contributed by atoms with E-state index in [-0.39, 0.29) is 74.2 Å². The fourth-order valence-electron chi connectivity index (χ4n) is 14.3. The highest BCUT2D eigenvalue weighted by atomic mass is 35.5. The molecule has 15 rings (SSSR count). The van der Waals surface area contributed by atoms with E-state index >= 15 is 9.59 Å². The summed E-state index contributed by atoms with van der Waals surface area (Å²) in [6.07, 6.45) is 6.91.